The number of hydrogen-bond acceptors (Lipinski definition) is 0. The number of hydrogen-bond donors (Lipinski definition) is 0. The van der Waals surface area contributed by atoms with Gasteiger partial charge in [-0.3, -0.25) is 0 Å². The van der Waals surface area contributed by atoms with Crippen LogP contribution in [0.15, 0.2) is 60.7 Å². The van der Waals surface area contributed by atoms with E-state index in [4.69, 9.17) is 0 Å². The summed E-state index contributed by atoms with van der Waals surface area (Å²) in [6.45, 7) is 11.4. The monoisotopic (exact) mass is 334 g/mol. The topological polar surface area (TPSA) is 0 Å². The Balaban J connectivity index is -0.000000178. The second kappa shape index (κ2) is 26.2. The summed E-state index contributed by atoms with van der Waals surface area (Å²) in [4.78, 5) is 0. The van der Waals surface area contributed by atoms with Gasteiger partial charge in [0.2, 0.25) is 0 Å². The molecule has 0 aliphatic heterocycles. The average Bonchev–Trinajstić information content (AvgIpc) is 3.14. The quantitative estimate of drug-likeness (QED) is 0.586. The fraction of sp³-hybridized carbons (Fsp3) is 0.333. The fourth-order valence-corrected chi connectivity index (χ4v) is 0.642. The van der Waals surface area contributed by atoms with E-state index >= 15 is 0 Å². The van der Waals surface area contributed by atoms with E-state index in [2.05, 4.69) is 27.7 Å². The molecule has 0 amide bonds. The van der Waals surface area contributed by atoms with Crippen molar-refractivity contribution >= 4 is 0 Å². The van der Waals surface area contributed by atoms with Crippen LogP contribution in [0, 0.1) is 13.8 Å². The maximum Gasteiger partial charge on any atom is 4.00 e. The van der Waals surface area contributed by atoms with E-state index < -0.39 is 0 Å². The van der Waals surface area contributed by atoms with E-state index in [9.17, 15) is 0 Å². The third kappa shape index (κ3) is 31.8. The maximum absolute atomic E-state index is 3.60. The molecule has 2 aromatic carbocycles. The first-order valence-corrected chi connectivity index (χ1v) is 6.75. The van der Waals surface area contributed by atoms with Crippen molar-refractivity contribution in [3.05, 3.63) is 74.5 Å². The first kappa shape index (κ1) is 23.7. The van der Waals surface area contributed by atoms with Gasteiger partial charge >= 0.3 is 26.2 Å². The molecule has 0 aliphatic carbocycles. The first-order chi connectivity index (χ1) is 8.83. The number of unbranched alkanes of at least 4 members (excludes halogenated alkanes) is 2. The van der Waals surface area contributed by atoms with Crippen molar-refractivity contribution in [3.63, 3.8) is 0 Å². The zero-order valence-corrected chi connectivity index (χ0v) is 15.0. The number of rotatable bonds is 2. The molecule has 0 nitrogen and oxygen atoms in total. The van der Waals surface area contributed by atoms with Crippen LogP contribution in [0.25, 0.3) is 0 Å². The molecule has 0 atom stereocenters. The molecule has 104 valence electrons. The van der Waals surface area contributed by atoms with Crippen LogP contribution in [0.1, 0.15) is 39.5 Å². The van der Waals surface area contributed by atoms with Gasteiger partial charge in [-0.25, -0.2) is 24.3 Å². The van der Waals surface area contributed by atoms with E-state index in [0.717, 1.165) is 12.8 Å². The Labute approximate surface area is 140 Å². The van der Waals surface area contributed by atoms with Gasteiger partial charge in [0.1, 0.15) is 0 Å². The molecule has 0 unspecified atom stereocenters. The molecule has 0 N–H and O–H groups in total. The molecule has 2 rings (SSSR count). The minimum absolute atomic E-state index is 0. The van der Waals surface area contributed by atoms with Crippen LogP contribution < -0.4 is 0 Å². The Hall–Kier alpha value is -0.417. The predicted octanol–water partition coefficient (Wildman–Crippen LogP) is 6.05. The van der Waals surface area contributed by atoms with Crippen LogP contribution in [-0.4, -0.2) is 0 Å². The average molecular weight is 336 g/mol. The van der Waals surface area contributed by atoms with Gasteiger partial charge < -0.3 is 13.8 Å². The van der Waals surface area contributed by atoms with Crippen LogP contribution in [0.3, 0.4) is 0 Å². The van der Waals surface area contributed by atoms with Crippen LogP contribution >= 0.6 is 0 Å². The molecule has 19 heavy (non-hydrogen) atoms. The van der Waals surface area contributed by atoms with Gasteiger partial charge in [-0.1, -0.05) is 26.7 Å². The first-order valence-electron chi connectivity index (χ1n) is 6.75. The third-order valence-electron chi connectivity index (χ3n) is 1.82. The van der Waals surface area contributed by atoms with E-state index in [1.165, 1.54) is 12.8 Å². The Morgan fingerprint density at radius 2 is 0.895 bits per heavy atom. The van der Waals surface area contributed by atoms with Crippen LogP contribution in [-0.2, 0) is 26.2 Å². The largest absolute Gasteiger partial charge is 4.00 e. The van der Waals surface area contributed by atoms with Crippen molar-refractivity contribution in [2.75, 3.05) is 0 Å². The Bertz CT molecular complexity index is 187. The van der Waals surface area contributed by atoms with E-state index in [1.54, 1.807) is 0 Å². The predicted molar refractivity (Wildman–Crippen MR) is 84.6 cm³/mol. The van der Waals surface area contributed by atoms with Crippen molar-refractivity contribution in [2.24, 2.45) is 0 Å². The molecular formula is C18H28Zr. The van der Waals surface area contributed by atoms with Gasteiger partial charge in [0.25, 0.3) is 0 Å². The van der Waals surface area contributed by atoms with Crippen LogP contribution in [0.5, 0.6) is 0 Å². The Morgan fingerprint density at radius 1 is 0.684 bits per heavy atom. The molecule has 0 fully saturated rings. The summed E-state index contributed by atoms with van der Waals surface area (Å²) in [5.74, 6) is 0. The molecule has 0 saturated carbocycles. The summed E-state index contributed by atoms with van der Waals surface area (Å²) in [5.41, 5.74) is 0. The minimum Gasteiger partial charge on any atom is -0.343 e. The van der Waals surface area contributed by atoms with Gasteiger partial charge in [-0.15, -0.1) is 0 Å². The summed E-state index contributed by atoms with van der Waals surface area (Å²) >= 11 is 0. The summed E-state index contributed by atoms with van der Waals surface area (Å²) in [5, 5.41) is 0. The Morgan fingerprint density at radius 3 is 0.947 bits per heavy atom. The van der Waals surface area contributed by atoms with Crippen molar-refractivity contribution in [2.45, 2.75) is 39.5 Å². The molecule has 2 aromatic rings. The van der Waals surface area contributed by atoms with Gasteiger partial charge in [-0.2, -0.15) is 49.2 Å². The molecule has 0 saturated heterocycles. The van der Waals surface area contributed by atoms with Crippen molar-refractivity contribution in [1.29, 1.82) is 0 Å². The molecule has 0 spiro atoms. The maximum atomic E-state index is 3.60. The fourth-order valence-electron chi connectivity index (χ4n) is 0.642. The van der Waals surface area contributed by atoms with E-state index in [-0.39, 0.29) is 26.2 Å². The Kier molecular flexibility index (Phi) is 32.6. The van der Waals surface area contributed by atoms with Crippen LogP contribution in [0.4, 0.5) is 0 Å². The van der Waals surface area contributed by atoms with Crippen LogP contribution in [0.2, 0.25) is 0 Å². The van der Waals surface area contributed by atoms with Crippen molar-refractivity contribution in [3.8, 4) is 0 Å². The second-order valence-electron chi connectivity index (χ2n) is 3.63. The zero-order valence-electron chi connectivity index (χ0n) is 12.5. The second-order valence-corrected chi connectivity index (χ2v) is 3.63. The zero-order chi connectivity index (χ0) is 13.9. The van der Waals surface area contributed by atoms with E-state index in [0.29, 0.717) is 0 Å². The SMILES string of the molecule is [CH2-]CCC.[CH2-]CCC.[Zr+4].c1cc[cH-]c1.c1cc[cH-]c1. The molecular weight excluding hydrogens is 307 g/mol. The molecule has 0 radical (unpaired) electrons. The van der Waals surface area contributed by atoms with Gasteiger partial charge in [0, 0.05) is 0 Å². The molecule has 0 heterocycles. The normalized spacial score (nSPS) is 7.37. The van der Waals surface area contributed by atoms with Gasteiger partial charge in [0.15, 0.2) is 0 Å². The van der Waals surface area contributed by atoms with Gasteiger partial charge in [0.05, 0.1) is 0 Å². The van der Waals surface area contributed by atoms with Crippen molar-refractivity contribution in [1.82, 2.24) is 0 Å². The molecule has 1 heteroatoms. The summed E-state index contributed by atoms with van der Waals surface area (Å²) in [7, 11) is 0. The molecule has 0 bridgehead atoms. The molecule has 0 aliphatic rings. The minimum atomic E-state index is 0. The van der Waals surface area contributed by atoms with E-state index in [1.807, 2.05) is 60.7 Å². The third-order valence-corrected chi connectivity index (χ3v) is 1.82. The standard InChI is InChI=1S/2C5H5.2C4H9.Zr/c2*1-2-4-5-3-1;2*1-3-4-2;/h2*1-5H;2*1,3-4H2,2H3;/q4*-1;+4. The smallest absolute Gasteiger partial charge is 0.343 e. The van der Waals surface area contributed by atoms with Gasteiger partial charge in [-0.05, 0) is 0 Å². The summed E-state index contributed by atoms with van der Waals surface area (Å²) in [6, 6.07) is 20.0. The van der Waals surface area contributed by atoms with Crippen molar-refractivity contribution < 1.29 is 26.2 Å². The summed E-state index contributed by atoms with van der Waals surface area (Å²) < 4.78 is 0. The summed E-state index contributed by atoms with van der Waals surface area (Å²) in [6.07, 6.45) is 4.56. The molecule has 0 aromatic heterocycles.